The predicted octanol–water partition coefficient (Wildman–Crippen LogP) is 3.82. The Morgan fingerprint density at radius 3 is 2.94 bits per heavy atom. The highest BCUT2D eigenvalue weighted by Gasteiger charge is 2.16. The third-order valence-electron chi connectivity index (χ3n) is 5.36. The number of halogens is 1. The van der Waals surface area contributed by atoms with Gasteiger partial charge in [0, 0.05) is 42.3 Å². The minimum atomic E-state index is -0.272. The summed E-state index contributed by atoms with van der Waals surface area (Å²) in [7, 11) is 0. The molecule has 0 saturated heterocycles. The van der Waals surface area contributed by atoms with Crippen LogP contribution in [0.1, 0.15) is 29.2 Å². The topological polar surface area (TPSA) is 70.7 Å². The molecule has 1 aliphatic heterocycles. The van der Waals surface area contributed by atoms with Gasteiger partial charge in [-0.1, -0.05) is 12.1 Å². The smallest absolute Gasteiger partial charge is 0.191 e. The fraction of sp³-hybridized carbons (Fsp3) is 0.375. The van der Waals surface area contributed by atoms with E-state index in [0.29, 0.717) is 19.6 Å². The SMILES string of the molecule is CCNC(=NCCc1cc(F)cc2c1OCOC2)NCCc1c[nH]c2cc(C)ccc12. The van der Waals surface area contributed by atoms with Crippen LogP contribution < -0.4 is 15.4 Å². The third kappa shape index (κ3) is 5.17. The van der Waals surface area contributed by atoms with Gasteiger partial charge in [-0.05, 0) is 61.6 Å². The van der Waals surface area contributed by atoms with E-state index in [1.807, 2.05) is 6.92 Å². The molecule has 4 rings (SSSR count). The molecule has 7 heteroatoms. The standard InChI is InChI=1S/C24H29FN4O2/c1-3-26-24(28-9-7-18-13-29-22-10-16(2)4-5-21(18)22)27-8-6-17-11-20(25)12-19-14-30-15-31-23(17)19/h4-5,10-13,29H,3,6-9,14-15H2,1-2H3,(H2,26,27,28). The molecule has 0 atom stereocenters. The summed E-state index contributed by atoms with van der Waals surface area (Å²) in [6.45, 7) is 6.78. The molecule has 0 spiro atoms. The molecule has 6 nitrogen and oxygen atoms in total. The summed E-state index contributed by atoms with van der Waals surface area (Å²) >= 11 is 0. The molecule has 31 heavy (non-hydrogen) atoms. The van der Waals surface area contributed by atoms with Crippen LogP contribution >= 0.6 is 0 Å². The highest BCUT2D eigenvalue weighted by Crippen LogP contribution is 2.29. The van der Waals surface area contributed by atoms with Crippen LogP contribution in [0.25, 0.3) is 10.9 Å². The van der Waals surface area contributed by atoms with Gasteiger partial charge in [-0.2, -0.15) is 0 Å². The number of hydrogen-bond donors (Lipinski definition) is 3. The molecule has 0 unspecified atom stereocenters. The summed E-state index contributed by atoms with van der Waals surface area (Å²) in [5, 5.41) is 7.93. The van der Waals surface area contributed by atoms with Gasteiger partial charge in [-0.3, -0.25) is 4.99 Å². The molecule has 0 amide bonds. The van der Waals surface area contributed by atoms with Crippen LogP contribution in [0.2, 0.25) is 0 Å². The molecule has 3 N–H and O–H groups in total. The molecule has 0 radical (unpaired) electrons. The highest BCUT2D eigenvalue weighted by molar-refractivity contribution is 5.84. The van der Waals surface area contributed by atoms with E-state index in [0.717, 1.165) is 42.3 Å². The van der Waals surface area contributed by atoms with Gasteiger partial charge in [0.1, 0.15) is 11.6 Å². The second-order valence-electron chi connectivity index (χ2n) is 7.71. The van der Waals surface area contributed by atoms with E-state index < -0.39 is 0 Å². The summed E-state index contributed by atoms with van der Waals surface area (Å²) in [5.74, 6) is 1.22. The lowest BCUT2D eigenvalue weighted by molar-refractivity contribution is -0.0172. The van der Waals surface area contributed by atoms with Crippen LogP contribution in [0, 0.1) is 12.7 Å². The molecular formula is C24H29FN4O2. The van der Waals surface area contributed by atoms with Gasteiger partial charge in [-0.25, -0.2) is 4.39 Å². The van der Waals surface area contributed by atoms with Crippen LogP contribution in [-0.4, -0.2) is 37.4 Å². The molecule has 1 aliphatic rings. The first-order valence-corrected chi connectivity index (χ1v) is 10.7. The number of nitrogens with one attached hydrogen (secondary N) is 3. The zero-order valence-corrected chi connectivity index (χ0v) is 18.1. The number of ether oxygens (including phenoxy) is 2. The van der Waals surface area contributed by atoms with Crippen molar-refractivity contribution < 1.29 is 13.9 Å². The maximum Gasteiger partial charge on any atom is 0.191 e. The molecule has 164 valence electrons. The van der Waals surface area contributed by atoms with Gasteiger partial charge in [0.2, 0.25) is 0 Å². The Bertz CT molecular complexity index is 1080. The fourth-order valence-corrected chi connectivity index (χ4v) is 3.89. The first kappa shape index (κ1) is 21.2. The van der Waals surface area contributed by atoms with E-state index in [2.05, 4.69) is 51.9 Å². The normalized spacial score (nSPS) is 13.7. The Labute approximate surface area is 181 Å². The van der Waals surface area contributed by atoms with Gasteiger partial charge in [-0.15, -0.1) is 0 Å². The summed E-state index contributed by atoms with van der Waals surface area (Å²) in [6, 6.07) is 9.47. The Kier molecular flexibility index (Phi) is 6.72. The first-order chi connectivity index (χ1) is 15.1. The van der Waals surface area contributed by atoms with E-state index in [1.165, 1.54) is 34.2 Å². The number of aliphatic imine (C=N–C) groups is 1. The number of benzene rings is 2. The average Bonchev–Trinajstić information content (AvgIpc) is 3.15. The fourth-order valence-electron chi connectivity index (χ4n) is 3.89. The van der Waals surface area contributed by atoms with Crippen molar-refractivity contribution in [1.82, 2.24) is 15.6 Å². The van der Waals surface area contributed by atoms with Crippen molar-refractivity contribution in [3.63, 3.8) is 0 Å². The van der Waals surface area contributed by atoms with Crippen molar-refractivity contribution in [2.24, 2.45) is 4.99 Å². The van der Waals surface area contributed by atoms with E-state index in [1.54, 1.807) is 0 Å². The van der Waals surface area contributed by atoms with E-state index in [9.17, 15) is 4.39 Å². The van der Waals surface area contributed by atoms with Gasteiger partial charge in [0.15, 0.2) is 12.8 Å². The monoisotopic (exact) mass is 424 g/mol. The number of hydrogen-bond acceptors (Lipinski definition) is 3. The van der Waals surface area contributed by atoms with Crippen LogP contribution in [0.3, 0.4) is 0 Å². The predicted molar refractivity (Wildman–Crippen MR) is 121 cm³/mol. The average molecular weight is 425 g/mol. The third-order valence-corrected chi connectivity index (χ3v) is 5.36. The maximum atomic E-state index is 13.9. The number of aromatic nitrogens is 1. The van der Waals surface area contributed by atoms with Crippen molar-refractivity contribution in [2.45, 2.75) is 33.3 Å². The second kappa shape index (κ2) is 9.83. The summed E-state index contributed by atoms with van der Waals surface area (Å²) in [6.07, 6.45) is 3.56. The number of guanidine groups is 1. The minimum absolute atomic E-state index is 0.201. The zero-order chi connectivity index (χ0) is 21.6. The first-order valence-electron chi connectivity index (χ1n) is 10.7. The molecule has 0 fully saturated rings. The molecule has 2 heterocycles. The number of fused-ring (bicyclic) bond motifs is 2. The molecule has 2 aromatic carbocycles. The van der Waals surface area contributed by atoms with Crippen LogP contribution in [0.15, 0.2) is 41.5 Å². The van der Waals surface area contributed by atoms with Crippen molar-refractivity contribution in [3.8, 4) is 5.75 Å². The minimum Gasteiger partial charge on any atom is -0.467 e. The Morgan fingerprint density at radius 1 is 1.16 bits per heavy atom. The number of H-pyrrole nitrogens is 1. The zero-order valence-electron chi connectivity index (χ0n) is 18.1. The van der Waals surface area contributed by atoms with Gasteiger partial charge in [0.25, 0.3) is 0 Å². The van der Waals surface area contributed by atoms with Crippen molar-refractivity contribution in [3.05, 3.63) is 64.6 Å². The molecule has 0 bridgehead atoms. The van der Waals surface area contributed by atoms with E-state index in [-0.39, 0.29) is 12.6 Å². The number of aryl methyl sites for hydroxylation is 1. The lowest BCUT2D eigenvalue weighted by Gasteiger charge is -2.20. The van der Waals surface area contributed by atoms with Crippen LogP contribution in [0.4, 0.5) is 4.39 Å². The van der Waals surface area contributed by atoms with Crippen LogP contribution in [0.5, 0.6) is 5.75 Å². The second-order valence-corrected chi connectivity index (χ2v) is 7.71. The number of rotatable bonds is 7. The maximum absolute atomic E-state index is 13.9. The van der Waals surface area contributed by atoms with Crippen LogP contribution in [-0.2, 0) is 24.2 Å². The molecule has 0 saturated carbocycles. The lowest BCUT2D eigenvalue weighted by Crippen LogP contribution is -2.38. The van der Waals surface area contributed by atoms with Gasteiger partial charge >= 0.3 is 0 Å². The van der Waals surface area contributed by atoms with E-state index in [4.69, 9.17) is 9.47 Å². The Morgan fingerprint density at radius 2 is 2.06 bits per heavy atom. The molecule has 1 aromatic heterocycles. The Balaban J connectivity index is 1.36. The van der Waals surface area contributed by atoms with Crippen molar-refractivity contribution in [1.29, 1.82) is 0 Å². The summed E-state index contributed by atoms with van der Waals surface area (Å²) < 4.78 is 24.8. The summed E-state index contributed by atoms with van der Waals surface area (Å²) in [4.78, 5) is 8.01. The Hall–Kier alpha value is -3.06. The van der Waals surface area contributed by atoms with Gasteiger partial charge < -0.3 is 25.1 Å². The van der Waals surface area contributed by atoms with Crippen molar-refractivity contribution >= 4 is 16.9 Å². The highest BCUT2D eigenvalue weighted by atomic mass is 19.1. The quantitative estimate of drug-likeness (QED) is 0.398. The van der Waals surface area contributed by atoms with Gasteiger partial charge in [0.05, 0.1) is 6.61 Å². The molecule has 0 aliphatic carbocycles. The summed E-state index contributed by atoms with van der Waals surface area (Å²) in [5.41, 5.74) is 5.28. The molecular weight excluding hydrogens is 395 g/mol. The van der Waals surface area contributed by atoms with E-state index >= 15 is 0 Å². The number of aromatic amines is 1. The van der Waals surface area contributed by atoms with Crippen molar-refractivity contribution in [2.75, 3.05) is 26.4 Å². The molecule has 3 aromatic rings. The number of nitrogens with zero attached hydrogens (tertiary/aromatic N) is 1. The lowest BCUT2D eigenvalue weighted by atomic mass is 10.1. The largest absolute Gasteiger partial charge is 0.467 e.